The molecule has 1 N–H and O–H groups in total. The molecule has 0 spiro atoms. The van der Waals surface area contributed by atoms with Gasteiger partial charge in [0.05, 0.1) is 6.61 Å². The molecule has 0 unspecified atom stereocenters. The Bertz CT molecular complexity index is 435. The first-order valence-electron chi connectivity index (χ1n) is 6.36. The predicted octanol–water partition coefficient (Wildman–Crippen LogP) is 2.81. The number of rotatable bonds is 7. The first-order valence-corrected chi connectivity index (χ1v) is 7.15. The molecule has 0 aliphatic carbocycles. The third kappa shape index (κ3) is 5.20. The number of aryl methyl sites for hydroxylation is 1. The van der Waals surface area contributed by atoms with Crippen LogP contribution in [0.25, 0.3) is 0 Å². The van der Waals surface area contributed by atoms with Crippen molar-refractivity contribution >= 4 is 21.9 Å². The molecular weight excluding hydrogens is 310 g/mol. The topological polar surface area (TPSA) is 47.6 Å². The van der Waals surface area contributed by atoms with Gasteiger partial charge in [-0.2, -0.15) is 0 Å². The maximum atomic E-state index is 11.3. The predicted molar refractivity (Wildman–Crippen MR) is 78.4 cm³/mol. The fourth-order valence-electron chi connectivity index (χ4n) is 1.73. The number of carbonyl (C=O) groups is 1. The van der Waals surface area contributed by atoms with E-state index in [0.717, 1.165) is 27.9 Å². The lowest BCUT2D eigenvalue weighted by Gasteiger charge is -2.14. The first-order chi connectivity index (χ1) is 9.08. The van der Waals surface area contributed by atoms with Crippen LogP contribution in [-0.2, 0) is 16.1 Å². The number of halogens is 1. The molecule has 106 valence electrons. The third-order valence-corrected chi connectivity index (χ3v) is 2.98. The van der Waals surface area contributed by atoms with Crippen LogP contribution in [0.3, 0.4) is 0 Å². The zero-order chi connectivity index (χ0) is 14.3. The first kappa shape index (κ1) is 16.0. The van der Waals surface area contributed by atoms with Crippen molar-refractivity contribution in [2.75, 3.05) is 19.8 Å². The van der Waals surface area contributed by atoms with E-state index < -0.39 is 0 Å². The number of hydrogen-bond donors (Lipinski definition) is 1. The molecule has 0 aliphatic rings. The van der Waals surface area contributed by atoms with Crippen molar-refractivity contribution in [3.8, 4) is 5.75 Å². The fraction of sp³-hybridized carbons (Fsp3) is 0.500. The summed E-state index contributed by atoms with van der Waals surface area (Å²) in [5.41, 5.74) is 2.02. The van der Waals surface area contributed by atoms with Crippen LogP contribution in [0.4, 0.5) is 0 Å². The summed E-state index contributed by atoms with van der Waals surface area (Å²) in [5.74, 6) is 0.399. The summed E-state index contributed by atoms with van der Waals surface area (Å²) < 4.78 is 11.5. The Morgan fingerprint density at radius 3 is 2.74 bits per heavy atom. The van der Waals surface area contributed by atoms with Crippen LogP contribution in [0.2, 0.25) is 0 Å². The van der Waals surface area contributed by atoms with Gasteiger partial charge in [-0.1, -0.05) is 22.9 Å². The van der Waals surface area contributed by atoms with Crippen LogP contribution < -0.4 is 10.1 Å². The van der Waals surface area contributed by atoms with Crippen molar-refractivity contribution in [2.45, 2.75) is 27.3 Å². The number of benzene rings is 1. The highest BCUT2D eigenvalue weighted by molar-refractivity contribution is 9.10. The lowest BCUT2D eigenvalue weighted by atomic mass is 10.1. The summed E-state index contributed by atoms with van der Waals surface area (Å²) in [6.45, 7) is 7.67. The molecule has 19 heavy (non-hydrogen) atoms. The van der Waals surface area contributed by atoms with Crippen LogP contribution in [0, 0.1) is 6.92 Å². The standard InChI is InChI=1S/C14H20BrNO3/c1-4-16-8-11-7-12(15)6-10(3)14(11)19-9-13(17)18-5-2/h6-7,16H,4-5,8-9H2,1-3H3. The SMILES string of the molecule is CCNCc1cc(Br)cc(C)c1OCC(=O)OCC. The smallest absolute Gasteiger partial charge is 0.344 e. The van der Waals surface area contributed by atoms with Gasteiger partial charge in [0.1, 0.15) is 5.75 Å². The molecular formula is C14H20BrNO3. The second kappa shape index (κ2) is 8.17. The van der Waals surface area contributed by atoms with Crippen molar-refractivity contribution in [1.29, 1.82) is 0 Å². The van der Waals surface area contributed by atoms with Gasteiger partial charge in [0, 0.05) is 16.6 Å². The normalized spacial score (nSPS) is 10.3. The maximum absolute atomic E-state index is 11.3. The molecule has 0 bridgehead atoms. The lowest BCUT2D eigenvalue weighted by molar-refractivity contribution is -0.145. The summed E-state index contributed by atoms with van der Waals surface area (Å²) in [5, 5.41) is 3.26. The fourth-order valence-corrected chi connectivity index (χ4v) is 2.35. The average Bonchev–Trinajstić information content (AvgIpc) is 2.35. The van der Waals surface area contributed by atoms with E-state index in [1.165, 1.54) is 0 Å². The summed E-state index contributed by atoms with van der Waals surface area (Å²) in [4.78, 5) is 11.3. The van der Waals surface area contributed by atoms with Crippen molar-refractivity contribution in [3.63, 3.8) is 0 Å². The van der Waals surface area contributed by atoms with Gasteiger partial charge in [-0.15, -0.1) is 0 Å². The van der Waals surface area contributed by atoms with E-state index in [0.29, 0.717) is 13.2 Å². The maximum Gasteiger partial charge on any atom is 0.344 e. The number of ether oxygens (including phenoxy) is 2. The van der Waals surface area contributed by atoms with E-state index in [2.05, 4.69) is 21.2 Å². The zero-order valence-corrected chi connectivity index (χ0v) is 13.2. The van der Waals surface area contributed by atoms with Gasteiger partial charge >= 0.3 is 5.97 Å². The minimum absolute atomic E-state index is 0.0601. The van der Waals surface area contributed by atoms with E-state index in [-0.39, 0.29) is 12.6 Å². The summed E-state index contributed by atoms with van der Waals surface area (Å²) in [6, 6.07) is 3.96. The highest BCUT2D eigenvalue weighted by Gasteiger charge is 2.11. The van der Waals surface area contributed by atoms with Crippen LogP contribution in [0.5, 0.6) is 5.75 Å². The van der Waals surface area contributed by atoms with Crippen molar-refractivity contribution in [1.82, 2.24) is 5.32 Å². The molecule has 4 nitrogen and oxygen atoms in total. The van der Waals surface area contributed by atoms with E-state index in [9.17, 15) is 4.79 Å². The van der Waals surface area contributed by atoms with Crippen molar-refractivity contribution < 1.29 is 14.3 Å². The Morgan fingerprint density at radius 1 is 1.37 bits per heavy atom. The van der Waals surface area contributed by atoms with Gasteiger partial charge in [0.25, 0.3) is 0 Å². The highest BCUT2D eigenvalue weighted by Crippen LogP contribution is 2.28. The quantitative estimate of drug-likeness (QED) is 0.781. The van der Waals surface area contributed by atoms with Gasteiger partial charge in [-0.05, 0) is 38.1 Å². The van der Waals surface area contributed by atoms with Crippen LogP contribution in [0.15, 0.2) is 16.6 Å². The summed E-state index contributed by atoms with van der Waals surface area (Å²) >= 11 is 3.47. The minimum atomic E-state index is -0.348. The molecule has 1 aromatic rings. The molecule has 0 saturated heterocycles. The molecule has 5 heteroatoms. The Morgan fingerprint density at radius 2 is 2.11 bits per heavy atom. The second-order valence-corrected chi connectivity index (χ2v) is 5.00. The molecule has 0 aliphatic heterocycles. The van der Waals surface area contributed by atoms with Gasteiger partial charge < -0.3 is 14.8 Å². The molecule has 1 rings (SSSR count). The van der Waals surface area contributed by atoms with Crippen LogP contribution in [-0.4, -0.2) is 25.7 Å². The second-order valence-electron chi connectivity index (χ2n) is 4.08. The van der Waals surface area contributed by atoms with Crippen molar-refractivity contribution in [3.05, 3.63) is 27.7 Å². The van der Waals surface area contributed by atoms with E-state index in [1.807, 2.05) is 26.0 Å². The largest absolute Gasteiger partial charge is 0.481 e. The van der Waals surface area contributed by atoms with Gasteiger partial charge in [0.2, 0.25) is 0 Å². The average molecular weight is 330 g/mol. The third-order valence-electron chi connectivity index (χ3n) is 2.52. The van der Waals surface area contributed by atoms with Crippen molar-refractivity contribution in [2.24, 2.45) is 0 Å². The Kier molecular flexibility index (Phi) is 6.87. The molecule has 0 saturated carbocycles. The molecule has 0 heterocycles. The molecule has 0 radical (unpaired) electrons. The van der Waals surface area contributed by atoms with Crippen LogP contribution in [0.1, 0.15) is 25.0 Å². The molecule has 1 aromatic carbocycles. The van der Waals surface area contributed by atoms with Gasteiger partial charge in [-0.3, -0.25) is 0 Å². The molecule has 0 atom stereocenters. The highest BCUT2D eigenvalue weighted by atomic mass is 79.9. The molecule has 0 amide bonds. The van der Waals surface area contributed by atoms with Gasteiger partial charge in [-0.25, -0.2) is 4.79 Å². The molecule has 0 fully saturated rings. The number of carbonyl (C=O) groups excluding carboxylic acids is 1. The summed E-state index contributed by atoms with van der Waals surface area (Å²) in [7, 11) is 0. The van der Waals surface area contributed by atoms with E-state index in [4.69, 9.17) is 9.47 Å². The van der Waals surface area contributed by atoms with E-state index in [1.54, 1.807) is 6.92 Å². The molecule has 0 aromatic heterocycles. The van der Waals surface area contributed by atoms with E-state index >= 15 is 0 Å². The minimum Gasteiger partial charge on any atom is -0.481 e. The number of nitrogens with one attached hydrogen (secondary N) is 1. The number of hydrogen-bond acceptors (Lipinski definition) is 4. The Labute approximate surface area is 122 Å². The Hall–Kier alpha value is -1.07. The lowest BCUT2D eigenvalue weighted by Crippen LogP contribution is -2.18. The van der Waals surface area contributed by atoms with Gasteiger partial charge in [0.15, 0.2) is 6.61 Å². The van der Waals surface area contributed by atoms with Crippen LogP contribution >= 0.6 is 15.9 Å². The Balaban J connectivity index is 2.81. The monoisotopic (exact) mass is 329 g/mol. The zero-order valence-electron chi connectivity index (χ0n) is 11.6. The number of esters is 1. The summed E-state index contributed by atoms with van der Waals surface area (Å²) in [6.07, 6.45) is 0.